The first-order valence-electron chi connectivity index (χ1n) is 5.98. The van der Waals surface area contributed by atoms with Crippen LogP contribution in [0.5, 0.6) is 5.75 Å². The molecule has 0 unspecified atom stereocenters. The van der Waals surface area contributed by atoms with Crippen molar-refractivity contribution in [3.05, 3.63) is 29.8 Å². The number of benzene rings is 1. The third-order valence-electron chi connectivity index (χ3n) is 2.65. The Balaban J connectivity index is 2.49. The molecule has 1 aromatic carbocycles. The summed E-state index contributed by atoms with van der Waals surface area (Å²) in [5.41, 5.74) is 5.98. The predicted octanol–water partition coefficient (Wildman–Crippen LogP) is 3.30. The van der Waals surface area contributed by atoms with Crippen LogP contribution in [0.25, 0.3) is 0 Å². The van der Waals surface area contributed by atoms with E-state index in [1.54, 1.807) is 0 Å². The van der Waals surface area contributed by atoms with E-state index in [0.717, 1.165) is 11.3 Å². The minimum atomic E-state index is -4.31. The fraction of sp³-hybridized carbons (Fsp3) is 0.538. The number of hydrogen-bond acceptors (Lipinski definition) is 2. The van der Waals surface area contributed by atoms with E-state index < -0.39 is 12.2 Å². The van der Waals surface area contributed by atoms with Crippen molar-refractivity contribution >= 4 is 0 Å². The van der Waals surface area contributed by atoms with E-state index in [4.69, 9.17) is 10.5 Å². The summed E-state index contributed by atoms with van der Waals surface area (Å²) in [7, 11) is 0. The Hall–Kier alpha value is -1.23. The highest BCUT2D eigenvalue weighted by Crippen LogP contribution is 2.24. The summed E-state index contributed by atoms with van der Waals surface area (Å²) in [5, 5.41) is 0. The third-order valence-corrected chi connectivity index (χ3v) is 2.65. The number of rotatable bonds is 6. The summed E-state index contributed by atoms with van der Waals surface area (Å²) in [4.78, 5) is 0. The monoisotopic (exact) mass is 261 g/mol. The van der Waals surface area contributed by atoms with Crippen molar-refractivity contribution in [2.75, 3.05) is 6.61 Å². The highest BCUT2D eigenvalue weighted by atomic mass is 19.4. The maximum absolute atomic E-state index is 12.2. The van der Waals surface area contributed by atoms with E-state index in [1.807, 2.05) is 31.2 Å². The van der Waals surface area contributed by atoms with E-state index in [1.165, 1.54) is 0 Å². The quantitative estimate of drug-likeness (QED) is 0.852. The van der Waals surface area contributed by atoms with Gasteiger partial charge in [0, 0.05) is 0 Å². The number of halogens is 3. The van der Waals surface area contributed by atoms with Gasteiger partial charge in [0.15, 0.2) is 0 Å². The minimum Gasteiger partial charge on any atom is -0.494 e. The van der Waals surface area contributed by atoms with Crippen LogP contribution in [0.1, 0.15) is 25.3 Å². The second-order valence-electron chi connectivity index (χ2n) is 4.08. The summed E-state index contributed by atoms with van der Waals surface area (Å²) in [5.74, 6) is 0.737. The zero-order valence-electron chi connectivity index (χ0n) is 10.3. The van der Waals surface area contributed by atoms with Gasteiger partial charge >= 0.3 is 6.18 Å². The lowest BCUT2D eigenvalue weighted by Gasteiger charge is -2.15. The average Bonchev–Trinajstić information content (AvgIpc) is 2.30. The molecule has 102 valence electrons. The van der Waals surface area contributed by atoms with Gasteiger partial charge in [0.2, 0.25) is 0 Å². The van der Waals surface area contributed by atoms with Crippen molar-refractivity contribution in [3.8, 4) is 5.75 Å². The molecule has 0 saturated heterocycles. The predicted molar refractivity (Wildman–Crippen MR) is 64.6 cm³/mol. The first kappa shape index (κ1) is 14.8. The molecule has 18 heavy (non-hydrogen) atoms. The lowest BCUT2D eigenvalue weighted by Crippen LogP contribution is -2.37. The Labute approximate surface area is 105 Å². The Bertz CT molecular complexity index is 365. The summed E-state index contributed by atoms with van der Waals surface area (Å²) >= 11 is 0. The average molecular weight is 261 g/mol. The summed E-state index contributed by atoms with van der Waals surface area (Å²) in [6, 6.07) is 5.64. The van der Waals surface area contributed by atoms with Gasteiger partial charge in [0.25, 0.3) is 0 Å². The number of nitrogens with two attached hydrogens (primary N) is 1. The highest BCUT2D eigenvalue weighted by Gasteiger charge is 2.35. The van der Waals surface area contributed by atoms with Crippen LogP contribution in [0.2, 0.25) is 0 Å². The van der Waals surface area contributed by atoms with Gasteiger partial charge in [-0.3, -0.25) is 0 Å². The lowest BCUT2D eigenvalue weighted by atomic mass is 10.0. The van der Waals surface area contributed by atoms with Crippen molar-refractivity contribution < 1.29 is 17.9 Å². The molecule has 1 atom stereocenters. The Morgan fingerprint density at radius 1 is 1.28 bits per heavy atom. The summed E-state index contributed by atoms with van der Waals surface area (Å²) in [6.07, 6.45) is -3.44. The molecule has 0 spiro atoms. The molecule has 1 aromatic rings. The van der Waals surface area contributed by atoms with Crippen LogP contribution in [0.15, 0.2) is 24.3 Å². The highest BCUT2D eigenvalue weighted by molar-refractivity contribution is 5.33. The molecule has 0 saturated carbocycles. The van der Waals surface area contributed by atoms with Crippen LogP contribution >= 0.6 is 0 Å². The molecule has 1 rings (SSSR count). The molecule has 0 heterocycles. The number of para-hydroxylation sites is 1. The van der Waals surface area contributed by atoms with Crippen molar-refractivity contribution in [1.29, 1.82) is 0 Å². The zero-order chi connectivity index (χ0) is 13.6. The molecule has 0 aromatic heterocycles. The van der Waals surface area contributed by atoms with Gasteiger partial charge in [0.1, 0.15) is 11.8 Å². The first-order valence-corrected chi connectivity index (χ1v) is 5.98. The largest absolute Gasteiger partial charge is 0.494 e. The molecule has 0 fully saturated rings. The van der Waals surface area contributed by atoms with Crippen molar-refractivity contribution in [2.24, 2.45) is 5.73 Å². The number of alkyl halides is 3. The second-order valence-corrected chi connectivity index (χ2v) is 4.08. The Morgan fingerprint density at radius 3 is 2.56 bits per heavy atom. The first-order chi connectivity index (χ1) is 8.45. The fourth-order valence-corrected chi connectivity index (χ4v) is 1.68. The topological polar surface area (TPSA) is 35.2 Å². The second kappa shape index (κ2) is 6.64. The maximum atomic E-state index is 12.2. The third kappa shape index (κ3) is 4.56. The molecule has 0 aliphatic carbocycles. The fourth-order valence-electron chi connectivity index (χ4n) is 1.68. The van der Waals surface area contributed by atoms with Gasteiger partial charge in [-0.2, -0.15) is 13.2 Å². The minimum absolute atomic E-state index is 0.0655. The van der Waals surface area contributed by atoms with Crippen LogP contribution in [0, 0.1) is 0 Å². The SMILES string of the molecule is CCOc1ccccc1CCC[C@H](N)C(F)(F)F. The molecule has 0 bridgehead atoms. The molecule has 5 heteroatoms. The molecule has 0 aliphatic rings. The van der Waals surface area contributed by atoms with Gasteiger partial charge in [-0.05, 0) is 37.8 Å². The maximum Gasteiger partial charge on any atom is 0.403 e. The molecular formula is C13H18F3NO. The molecule has 2 nitrogen and oxygen atoms in total. The molecule has 0 amide bonds. The van der Waals surface area contributed by atoms with Gasteiger partial charge < -0.3 is 10.5 Å². The van der Waals surface area contributed by atoms with E-state index in [2.05, 4.69) is 0 Å². The normalized spacial score (nSPS) is 13.4. The van der Waals surface area contributed by atoms with E-state index in [9.17, 15) is 13.2 Å². The van der Waals surface area contributed by atoms with Gasteiger partial charge in [-0.25, -0.2) is 0 Å². The standard InChI is InChI=1S/C13H18F3NO/c1-2-18-11-8-4-3-6-10(11)7-5-9-12(17)13(14,15)16/h3-4,6,8,12H,2,5,7,9,17H2,1H3/t12-/m0/s1. The molecule has 0 aliphatic heterocycles. The Morgan fingerprint density at radius 2 is 1.94 bits per heavy atom. The van der Waals surface area contributed by atoms with E-state index in [0.29, 0.717) is 19.4 Å². The van der Waals surface area contributed by atoms with Crippen LogP contribution in [-0.4, -0.2) is 18.8 Å². The zero-order valence-corrected chi connectivity index (χ0v) is 10.3. The van der Waals surface area contributed by atoms with E-state index >= 15 is 0 Å². The number of ether oxygens (including phenoxy) is 1. The van der Waals surface area contributed by atoms with Crippen molar-refractivity contribution in [1.82, 2.24) is 0 Å². The molecule has 0 radical (unpaired) electrons. The number of aryl methyl sites for hydroxylation is 1. The number of hydrogen-bond donors (Lipinski definition) is 1. The van der Waals surface area contributed by atoms with Gasteiger partial charge in [-0.15, -0.1) is 0 Å². The lowest BCUT2D eigenvalue weighted by molar-refractivity contribution is -0.149. The van der Waals surface area contributed by atoms with Crippen molar-refractivity contribution in [3.63, 3.8) is 0 Å². The van der Waals surface area contributed by atoms with Crippen LogP contribution < -0.4 is 10.5 Å². The summed E-state index contributed by atoms with van der Waals surface area (Å²) in [6.45, 7) is 2.41. The molecular weight excluding hydrogens is 243 g/mol. The van der Waals surface area contributed by atoms with E-state index in [-0.39, 0.29) is 6.42 Å². The van der Waals surface area contributed by atoms with Gasteiger partial charge in [0.05, 0.1) is 6.61 Å². The van der Waals surface area contributed by atoms with Crippen LogP contribution in [0.3, 0.4) is 0 Å². The van der Waals surface area contributed by atoms with Gasteiger partial charge in [-0.1, -0.05) is 18.2 Å². The van der Waals surface area contributed by atoms with Crippen molar-refractivity contribution in [2.45, 2.75) is 38.4 Å². The van der Waals surface area contributed by atoms with Crippen LogP contribution in [-0.2, 0) is 6.42 Å². The van der Waals surface area contributed by atoms with Crippen LogP contribution in [0.4, 0.5) is 13.2 Å². The smallest absolute Gasteiger partial charge is 0.403 e. The molecule has 2 N–H and O–H groups in total. The Kier molecular flexibility index (Phi) is 5.47. The summed E-state index contributed by atoms with van der Waals surface area (Å²) < 4.78 is 42.1.